The quantitative estimate of drug-likeness (QED) is 0.885. The van der Waals surface area contributed by atoms with E-state index in [2.05, 4.69) is 29.4 Å². The van der Waals surface area contributed by atoms with Gasteiger partial charge in [0.15, 0.2) is 5.01 Å². The molecule has 0 aromatic carbocycles. The Morgan fingerprint density at radius 1 is 1.30 bits per heavy atom. The first-order valence-corrected chi connectivity index (χ1v) is 8.39. The van der Waals surface area contributed by atoms with Gasteiger partial charge in [0.05, 0.1) is 22.2 Å². The van der Waals surface area contributed by atoms with E-state index in [9.17, 15) is 0 Å². The van der Waals surface area contributed by atoms with Crippen molar-refractivity contribution in [1.29, 1.82) is 0 Å². The zero-order valence-corrected chi connectivity index (χ0v) is 13.5. The number of hydrogen-bond donors (Lipinski definition) is 1. The van der Waals surface area contributed by atoms with Crippen LogP contribution in [-0.4, -0.2) is 28.3 Å². The van der Waals surface area contributed by atoms with Crippen molar-refractivity contribution in [2.24, 2.45) is 0 Å². The third-order valence-corrected chi connectivity index (χ3v) is 5.22. The van der Waals surface area contributed by atoms with Gasteiger partial charge in [0, 0.05) is 19.1 Å². The van der Waals surface area contributed by atoms with Crippen molar-refractivity contribution in [3.63, 3.8) is 0 Å². The number of nitrogens with one attached hydrogen (secondary N) is 1. The summed E-state index contributed by atoms with van der Waals surface area (Å²) < 4.78 is 5.26. The van der Waals surface area contributed by atoms with E-state index in [1.807, 2.05) is 0 Å². The molecular formula is C13H18N4OS2. The second kappa shape index (κ2) is 5.75. The summed E-state index contributed by atoms with van der Waals surface area (Å²) in [4.78, 5) is 5.83. The summed E-state index contributed by atoms with van der Waals surface area (Å²) in [5.41, 5.74) is 0.992. The lowest BCUT2D eigenvalue weighted by atomic mass is 10.4. The predicted molar refractivity (Wildman–Crippen MR) is 82.5 cm³/mol. The van der Waals surface area contributed by atoms with Crippen LogP contribution in [0.2, 0.25) is 0 Å². The molecule has 7 heteroatoms. The Bertz CT molecular complexity index is 589. The molecule has 1 saturated carbocycles. The standard InChI is InChI=1S/C13H18N4OS2/c1-7(2)14-13-17-16-12(20-13)10-9(6-18-3)15-11(19-10)8-4-5-8/h7-8H,4-6H2,1-3H3,(H,14,17). The third kappa shape index (κ3) is 2.99. The van der Waals surface area contributed by atoms with Crippen LogP contribution in [0.15, 0.2) is 0 Å². The minimum absolute atomic E-state index is 0.359. The van der Waals surface area contributed by atoms with Gasteiger partial charge in [0.2, 0.25) is 5.13 Å². The lowest BCUT2D eigenvalue weighted by Crippen LogP contribution is -2.08. The molecule has 2 heterocycles. The molecule has 2 aromatic rings. The summed E-state index contributed by atoms with van der Waals surface area (Å²) >= 11 is 3.33. The average Bonchev–Trinajstić information content (AvgIpc) is 3.01. The van der Waals surface area contributed by atoms with Gasteiger partial charge in [-0.15, -0.1) is 21.5 Å². The molecule has 0 saturated heterocycles. The molecule has 20 heavy (non-hydrogen) atoms. The first-order valence-electron chi connectivity index (χ1n) is 6.76. The molecule has 0 bridgehead atoms. The van der Waals surface area contributed by atoms with E-state index in [4.69, 9.17) is 9.72 Å². The van der Waals surface area contributed by atoms with Crippen LogP contribution < -0.4 is 5.32 Å². The van der Waals surface area contributed by atoms with Crippen molar-refractivity contribution >= 4 is 27.8 Å². The Balaban J connectivity index is 1.89. The van der Waals surface area contributed by atoms with E-state index in [1.165, 1.54) is 17.8 Å². The van der Waals surface area contributed by atoms with Gasteiger partial charge in [-0.2, -0.15) is 0 Å². The highest BCUT2D eigenvalue weighted by atomic mass is 32.1. The Morgan fingerprint density at radius 2 is 2.10 bits per heavy atom. The maximum atomic E-state index is 5.26. The minimum atomic E-state index is 0.359. The number of hydrogen-bond acceptors (Lipinski definition) is 7. The van der Waals surface area contributed by atoms with Crippen LogP contribution >= 0.6 is 22.7 Å². The zero-order chi connectivity index (χ0) is 14.1. The molecule has 3 rings (SSSR count). The van der Waals surface area contributed by atoms with Crippen LogP contribution in [0.1, 0.15) is 43.3 Å². The molecule has 1 fully saturated rings. The highest BCUT2D eigenvalue weighted by Gasteiger charge is 2.29. The third-order valence-electron chi connectivity index (χ3n) is 2.95. The Kier molecular flexibility index (Phi) is 4.00. The maximum Gasteiger partial charge on any atom is 0.206 e. The topological polar surface area (TPSA) is 59.9 Å². The summed E-state index contributed by atoms with van der Waals surface area (Å²) in [6, 6.07) is 0.359. The molecule has 0 aliphatic heterocycles. The number of thiazole rings is 1. The second-order valence-electron chi connectivity index (χ2n) is 5.25. The number of methoxy groups -OCH3 is 1. The van der Waals surface area contributed by atoms with Crippen molar-refractivity contribution in [3.8, 4) is 9.88 Å². The monoisotopic (exact) mass is 310 g/mol. The molecule has 1 aliphatic rings. The average molecular weight is 310 g/mol. The van der Waals surface area contributed by atoms with Gasteiger partial charge >= 0.3 is 0 Å². The fraction of sp³-hybridized carbons (Fsp3) is 0.615. The number of anilines is 1. The molecule has 0 amide bonds. The van der Waals surface area contributed by atoms with Gasteiger partial charge in [0.25, 0.3) is 0 Å². The van der Waals surface area contributed by atoms with Crippen molar-refractivity contribution in [2.45, 2.75) is 45.3 Å². The van der Waals surface area contributed by atoms with Gasteiger partial charge in [-0.25, -0.2) is 4.98 Å². The lowest BCUT2D eigenvalue weighted by Gasteiger charge is -2.03. The highest BCUT2D eigenvalue weighted by Crippen LogP contribution is 2.45. The Hall–Kier alpha value is -1.05. The first kappa shape index (κ1) is 13.9. The Morgan fingerprint density at radius 3 is 2.75 bits per heavy atom. The van der Waals surface area contributed by atoms with E-state index in [-0.39, 0.29) is 0 Å². The predicted octanol–water partition coefficient (Wildman–Crippen LogP) is 3.51. The smallest absolute Gasteiger partial charge is 0.206 e. The largest absolute Gasteiger partial charge is 0.378 e. The maximum absolute atomic E-state index is 5.26. The molecule has 0 radical (unpaired) electrons. The van der Waals surface area contributed by atoms with Crippen molar-refractivity contribution in [1.82, 2.24) is 15.2 Å². The van der Waals surface area contributed by atoms with Gasteiger partial charge in [-0.05, 0) is 26.7 Å². The lowest BCUT2D eigenvalue weighted by molar-refractivity contribution is 0.182. The van der Waals surface area contributed by atoms with E-state index < -0.39 is 0 Å². The zero-order valence-electron chi connectivity index (χ0n) is 11.8. The van der Waals surface area contributed by atoms with Crippen LogP contribution in [0, 0.1) is 0 Å². The number of nitrogens with zero attached hydrogens (tertiary/aromatic N) is 3. The highest BCUT2D eigenvalue weighted by molar-refractivity contribution is 7.23. The van der Waals surface area contributed by atoms with Gasteiger partial charge in [0.1, 0.15) is 0 Å². The fourth-order valence-corrected chi connectivity index (χ4v) is 4.12. The van der Waals surface area contributed by atoms with E-state index in [0.717, 1.165) is 20.7 Å². The second-order valence-corrected chi connectivity index (χ2v) is 7.25. The van der Waals surface area contributed by atoms with Crippen molar-refractivity contribution in [3.05, 3.63) is 10.7 Å². The molecule has 5 nitrogen and oxygen atoms in total. The minimum Gasteiger partial charge on any atom is -0.378 e. The van der Waals surface area contributed by atoms with E-state index >= 15 is 0 Å². The van der Waals surface area contributed by atoms with Gasteiger partial charge < -0.3 is 10.1 Å². The SMILES string of the molecule is COCc1nc(C2CC2)sc1-c1nnc(NC(C)C)s1. The number of ether oxygens (including phenoxy) is 1. The molecule has 1 N–H and O–H groups in total. The van der Waals surface area contributed by atoms with Crippen molar-refractivity contribution in [2.75, 3.05) is 12.4 Å². The van der Waals surface area contributed by atoms with Crippen LogP contribution in [0.5, 0.6) is 0 Å². The van der Waals surface area contributed by atoms with Crippen LogP contribution in [0.4, 0.5) is 5.13 Å². The van der Waals surface area contributed by atoms with Crippen LogP contribution in [0.3, 0.4) is 0 Å². The summed E-state index contributed by atoms with van der Waals surface area (Å²) in [5, 5.41) is 14.8. The molecule has 108 valence electrons. The number of rotatable bonds is 6. The molecule has 2 aromatic heterocycles. The summed E-state index contributed by atoms with van der Waals surface area (Å²) in [7, 11) is 1.70. The molecule has 0 atom stereocenters. The summed E-state index contributed by atoms with van der Waals surface area (Å²) in [6.07, 6.45) is 2.52. The van der Waals surface area contributed by atoms with Crippen molar-refractivity contribution < 1.29 is 4.74 Å². The van der Waals surface area contributed by atoms with Gasteiger partial charge in [-0.1, -0.05) is 11.3 Å². The Labute approximate surface area is 126 Å². The van der Waals surface area contributed by atoms with E-state index in [0.29, 0.717) is 18.6 Å². The normalized spacial score (nSPS) is 15.0. The first-order chi connectivity index (χ1) is 9.67. The van der Waals surface area contributed by atoms with E-state index in [1.54, 1.807) is 29.8 Å². The van der Waals surface area contributed by atoms with Gasteiger partial charge in [-0.3, -0.25) is 0 Å². The molecule has 0 spiro atoms. The molecule has 1 aliphatic carbocycles. The fourth-order valence-electron chi connectivity index (χ4n) is 1.90. The molecule has 0 unspecified atom stereocenters. The van der Waals surface area contributed by atoms with Crippen LogP contribution in [-0.2, 0) is 11.3 Å². The summed E-state index contributed by atoms with van der Waals surface area (Å²) in [5.74, 6) is 0.658. The summed E-state index contributed by atoms with van der Waals surface area (Å²) in [6.45, 7) is 4.72. The molecular weight excluding hydrogens is 292 g/mol. The van der Waals surface area contributed by atoms with Crippen LogP contribution in [0.25, 0.3) is 9.88 Å². The number of aromatic nitrogens is 3.